The van der Waals surface area contributed by atoms with Crippen molar-refractivity contribution in [1.82, 2.24) is 14.9 Å². The number of amides is 1. The van der Waals surface area contributed by atoms with Crippen LogP contribution in [0.15, 0.2) is 6.33 Å². The minimum atomic E-state index is -0.505. The quantitative estimate of drug-likeness (QED) is 0.638. The van der Waals surface area contributed by atoms with Crippen molar-refractivity contribution in [3.63, 3.8) is 0 Å². The molecule has 0 aliphatic rings. The summed E-state index contributed by atoms with van der Waals surface area (Å²) in [5.41, 5.74) is 0.146. The second kappa shape index (κ2) is 5.58. The zero-order valence-corrected chi connectivity index (χ0v) is 10.5. The van der Waals surface area contributed by atoms with Gasteiger partial charge in [-0.15, -0.1) is 0 Å². The van der Waals surface area contributed by atoms with E-state index in [1.807, 2.05) is 0 Å². The minimum Gasteiger partial charge on any atom is -0.358 e. The maximum absolute atomic E-state index is 11.6. The Balaban J connectivity index is 2.92. The first-order valence-electron chi connectivity index (χ1n) is 4.90. The SMILES string of the molecule is CC(Nc1ncnc(Cl)c1C=O)C(=O)N(C)C. The molecule has 1 heterocycles. The van der Waals surface area contributed by atoms with Crippen molar-refractivity contribution in [3.05, 3.63) is 17.0 Å². The molecule has 1 N–H and O–H groups in total. The van der Waals surface area contributed by atoms with Gasteiger partial charge in [0.2, 0.25) is 5.91 Å². The van der Waals surface area contributed by atoms with Crippen molar-refractivity contribution >= 4 is 29.6 Å². The fraction of sp³-hybridized carbons (Fsp3) is 0.400. The summed E-state index contributed by atoms with van der Waals surface area (Å²) in [6.45, 7) is 1.67. The number of halogens is 1. The largest absolute Gasteiger partial charge is 0.358 e. The van der Waals surface area contributed by atoms with Crippen molar-refractivity contribution in [1.29, 1.82) is 0 Å². The summed E-state index contributed by atoms with van der Waals surface area (Å²) in [6.07, 6.45) is 1.78. The van der Waals surface area contributed by atoms with Crippen LogP contribution in [-0.4, -0.2) is 47.2 Å². The van der Waals surface area contributed by atoms with Gasteiger partial charge in [0.25, 0.3) is 0 Å². The van der Waals surface area contributed by atoms with E-state index >= 15 is 0 Å². The van der Waals surface area contributed by atoms with Crippen molar-refractivity contribution in [3.8, 4) is 0 Å². The molecule has 1 amide bonds. The molecule has 6 nitrogen and oxygen atoms in total. The average molecular weight is 257 g/mol. The molecule has 0 saturated heterocycles. The molecule has 1 rings (SSSR count). The molecule has 0 aliphatic heterocycles. The first kappa shape index (κ1) is 13.4. The molecule has 1 atom stereocenters. The monoisotopic (exact) mass is 256 g/mol. The molecule has 0 fully saturated rings. The maximum Gasteiger partial charge on any atom is 0.244 e. The summed E-state index contributed by atoms with van der Waals surface area (Å²) in [6, 6.07) is -0.505. The fourth-order valence-electron chi connectivity index (χ4n) is 1.25. The number of anilines is 1. The topological polar surface area (TPSA) is 75.2 Å². The van der Waals surface area contributed by atoms with Crippen LogP contribution in [0.4, 0.5) is 5.82 Å². The van der Waals surface area contributed by atoms with Gasteiger partial charge in [-0.05, 0) is 6.92 Å². The number of carbonyl (C=O) groups excluding carboxylic acids is 2. The summed E-state index contributed by atoms with van der Waals surface area (Å²) >= 11 is 5.74. The molecule has 0 spiro atoms. The number of aromatic nitrogens is 2. The highest BCUT2D eigenvalue weighted by molar-refractivity contribution is 6.32. The lowest BCUT2D eigenvalue weighted by molar-refractivity contribution is -0.129. The van der Waals surface area contributed by atoms with Gasteiger partial charge in [0, 0.05) is 14.1 Å². The van der Waals surface area contributed by atoms with Crippen molar-refractivity contribution in [2.24, 2.45) is 0 Å². The van der Waals surface area contributed by atoms with Crippen LogP contribution in [-0.2, 0) is 4.79 Å². The standard InChI is InChI=1S/C10H13ClN4O2/c1-6(10(17)15(2)3)14-9-7(4-16)8(11)12-5-13-9/h4-6H,1-3H3,(H,12,13,14). The van der Waals surface area contributed by atoms with E-state index in [0.29, 0.717) is 6.29 Å². The van der Waals surface area contributed by atoms with Crippen LogP contribution in [0.2, 0.25) is 5.15 Å². The number of aldehydes is 1. The highest BCUT2D eigenvalue weighted by atomic mass is 35.5. The maximum atomic E-state index is 11.6. The second-order valence-electron chi connectivity index (χ2n) is 3.64. The van der Waals surface area contributed by atoms with Gasteiger partial charge in [-0.3, -0.25) is 9.59 Å². The van der Waals surface area contributed by atoms with E-state index in [4.69, 9.17) is 11.6 Å². The predicted octanol–water partition coefficient (Wildman–Crippen LogP) is 0.831. The third kappa shape index (κ3) is 3.13. The number of hydrogen-bond acceptors (Lipinski definition) is 5. The van der Waals surface area contributed by atoms with Gasteiger partial charge in [0.15, 0.2) is 6.29 Å². The number of likely N-dealkylation sites (N-methyl/N-ethyl adjacent to an activating group) is 1. The summed E-state index contributed by atoms with van der Waals surface area (Å²) in [4.78, 5) is 31.5. The Hall–Kier alpha value is -1.69. The van der Waals surface area contributed by atoms with Crippen LogP contribution >= 0.6 is 11.6 Å². The van der Waals surface area contributed by atoms with Crippen molar-refractivity contribution < 1.29 is 9.59 Å². The van der Waals surface area contributed by atoms with Gasteiger partial charge in [0.1, 0.15) is 23.3 Å². The van der Waals surface area contributed by atoms with Crippen LogP contribution in [0.5, 0.6) is 0 Å². The highest BCUT2D eigenvalue weighted by Gasteiger charge is 2.17. The lowest BCUT2D eigenvalue weighted by Gasteiger charge is -2.19. The molecule has 0 aromatic carbocycles. The molecular weight excluding hydrogens is 244 g/mol. The van der Waals surface area contributed by atoms with Gasteiger partial charge in [0.05, 0.1) is 5.56 Å². The zero-order valence-electron chi connectivity index (χ0n) is 9.77. The van der Waals surface area contributed by atoms with Gasteiger partial charge >= 0.3 is 0 Å². The van der Waals surface area contributed by atoms with Gasteiger partial charge in [-0.25, -0.2) is 9.97 Å². The van der Waals surface area contributed by atoms with E-state index in [9.17, 15) is 9.59 Å². The van der Waals surface area contributed by atoms with Crippen LogP contribution in [0.25, 0.3) is 0 Å². The van der Waals surface area contributed by atoms with E-state index in [2.05, 4.69) is 15.3 Å². The third-order valence-electron chi connectivity index (χ3n) is 2.12. The van der Waals surface area contributed by atoms with Crippen LogP contribution in [0, 0.1) is 0 Å². The normalized spacial score (nSPS) is 11.8. The fourth-order valence-corrected chi connectivity index (χ4v) is 1.43. The second-order valence-corrected chi connectivity index (χ2v) is 4.00. The molecular formula is C10H13ClN4O2. The van der Waals surface area contributed by atoms with E-state index in [0.717, 1.165) is 0 Å². The first-order valence-corrected chi connectivity index (χ1v) is 5.28. The summed E-state index contributed by atoms with van der Waals surface area (Å²) < 4.78 is 0. The predicted molar refractivity (Wildman–Crippen MR) is 64.2 cm³/mol. The summed E-state index contributed by atoms with van der Waals surface area (Å²) in [5.74, 6) is 0.124. The van der Waals surface area contributed by atoms with Crippen LogP contribution < -0.4 is 5.32 Å². The lowest BCUT2D eigenvalue weighted by atomic mass is 10.2. The molecule has 1 aromatic rings. The molecule has 17 heavy (non-hydrogen) atoms. The molecule has 0 bridgehead atoms. The van der Waals surface area contributed by atoms with E-state index < -0.39 is 6.04 Å². The number of nitrogens with one attached hydrogen (secondary N) is 1. The van der Waals surface area contributed by atoms with Gasteiger partial charge < -0.3 is 10.2 Å². The number of hydrogen-bond donors (Lipinski definition) is 1. The molecule has 0 saturated carbocycles. The lowest BCUT2D eigenvalue weighted by Crippen LogP contribution is -2.37. The molecule has 0 radical (unpaired) electrons. The summed E-state index contributed by atoms with van der Waals surface area (Å²) in [7, 11) is 3.29. The van der Waals surface area contributed by atoms with E-state index in [1.54, 1.807) is 21.0 Å². The smallest absolute Gasteiger partial charge is 0.244 e. The molecule has 92 valence electrons. The van der Waals surface area contributed by atoms with Crippen molar-refractivity contribution in [2.45, 2.75) is 13.0 Å². The molecule has 0 aliphatic carbocycles. The Bertz CT molecular complexity index is 436. The molecule has 1 unspecified atom stereocenters. The van der Waals surface area contributed by atoms with Crippen LogP contribution in [0.1, 0.15) is 17.3 Å². The summed E-state index contributed by atoms with van der Waals surface area (Å²) in [5, 5.41) is 2.88. The third-order valence-corrected chi connectivity index (χ3v) is 2.42. The molecule has 1 aromatic heterocycles. The minimum absolute atomic E-state index is 0.0574. The number of carbonyl (C=O) groups is 2. The Morgan fingerprint density at radius 2 is 2.18 bits per heavy atom. The highest BCUT2D eigenvalue weighted by Crippen LogP contribution is 2.18. The Morgan fingerprint density at radius 3 is 2.71 bits per heavy atom. The van der Waals surface area contributed by atoms with Gasteiger partial charge in [-0.2, -0.15) is 0 Å². The number of nitrogens with zero attached hydrogens (tertiary/aromatic N) is 3. The Morgan fingerprint density at radius 1 is 1.53 bits per heavy atom. The van der Waals surface area contributed by atoms with Crippen LogP contribution in [0.3, 0.4) is 0 Å². The Labute approximate surface area is 104 Å². The van der Waals surface area contributed by atoms with E-state index in [-0.39, 0.29) is 22.4 Å². The van der Waals surface area contributed by atoms with E-state index in [1.165, 1.54) is 11.2 Å². The van der Waals surface area contributed by atoms with Crippen molar-refractivity contribution in [2.75, 3.05) is 19.4 Å². The van der Waals surface area contributed by atoms with Gasteiger partial charge in [-0.1, -0.05) is 11.6 Å². The molecule has 7 heteroatoms. The first-order chi connectivity index (χ1) is 7.97. The zero-order chi connectivity index (χ0) is 13.0. The average Bonchev–Trinajstić information content (AvgIpc) is 2.28. The Kier molecular flexibility index (Phi) is 4.39. The number of rotatable bonds is 4.